The molecule has 2 aliphatic rings. The summed E-state index contributed by atoms with van der Waals surface area (Å²) in [5, 5.41) is 2.37. The predicted octanol–water partition coefficient (Wildman–Crippen LogP) is 2.41. The van der Waals surface area contributed by atoms with Crippen LogP contribution in [0.4, 0.5) is 24.1 Å². The third-order valence-corrected chi connectivity index (χ3v) is 4.14. The number of benzene rings is 1. The van der Waals surface area contributed by atoms with Gasteiger partial charge >= 0.3 is 12.1 Å². The number of hydrogen-bond donors (Lipinski definition) is 1. The normalized spacial score (nSPS) is 24.0. The van der Waals surface area contributed by atoms with Crippen LogP contribution in [-0.4, -0.2) is 54.2 Å². The fourth-order valence-corrected chi connectivity index (χ4v) is 3.06. The van der Waals surface area contributed by atoms with Gasteiger partial charge in [-0.1, -0.05) is 0 Å². The van der Waals surface area contributed by atoms with Gasteiger partial charge in [-0.3, -0.25) is 0 Å². The number of ether oxygens (including phenoxy) is 1. The van der Waals surface area contributed by atoms with Crippen molar-refractivity contribution in [2.24, 2.45) is 0 Å². The number of nitrogens with zero attached hydrogens (tertiary/aromatic N) is 2. The Balaban J connectivity index is 1.70. The molecule has 3 rings (SSSR count). The van der Waals surface area contributed by atoms with Crippen molar-refractivity contribution in [2.75, 3.05) is 32.0 Å². The van der Waals surface area contributed by atoms with Gasteiger partial charge in [0.05, 0.1) is 18.8 Å². The highest BCUT2D eigenvalue weighted by molar-refractivity contribution is 5.89. The monoisotopic (exact) mass is 325 g/mol. The first-order valence-electron chi connectivity index (χ1n) is 7.34. The minimum atomic E-state index is -0.720. The van der Waals surface area contributed by atoms with Crippen LogP contribution in [0.2, 0.25) is 0 Å². The Bertz CT molecular complexity index is 655. The SMILES string of the molecule is CN1CC2(CCCN(C(=O)Nc3cc(F)ccc3F)C2)OC1=O. The summed E-state index contributed by atoms with van der Waals surface area (Å²) in [6, 6.07) is 2.32. The molecular weight excluding hydrogens is 308 g/mol. The van der Waals surface area contributed by atoms with Crippen LogP contribution in [0.15, 0.2) is 18.2 Å². The summed E-state index contributed by atoms with van der Waals surface area (Å²) in [7, 11) is 1.64. The molecule has 1 atom stereocenters. The van der Waals surface area contributed by atoms with Crippen LogP contribution in [0.25, 0.3) is 0 Å². The van der Waals surface area contributed by atoms with Crippen LogP contribution in [0.5, 0.6) is 0 Å². The first kappa shape index (κ1) is 15.5. The van der Waals surface area contributed by atoms with Crippen LogP contribution in [-0.2, 0) is 4.74 Å². The van der Waals surface area contributed by atoms with E-state index in [1.54, 1.807) is 7.05 Å². The largest absolute Gasteiger partial charge is 0.439 e. The van der Waals surface area contributed by atoms with Crippen LogP contribution >= 0.6 is 0 Å². The van der Waals surface area contributed by atoms with Gasteiger partial charge in [0.1, 0.15) is 17.2 Å². The zero-order chi connectivity index (χ0) is 16.6. The van der Waals surface area contributed by atoms with E-state index in [1.165, 1.54) is 9.80 Å². The summed E-state index contributed by atoms with van der Waals surface area (Å²) in [5.41, 5.74) is -0.933. The number of amides is 3. The second-order valence-electron chi connectivity index (χ2n) is 5.99. The molecule has 2 saturated heterocycles. The van der Waals surface area contributed by atoms with Crippen molar-refractivity contribution in [3.8, 4) is 0 Å². The van der Waals surface area contributed by atoms with Gasteiger partial charge in [0.25, 0.3) is 0 Å². The number of carbonyl (C=O) groups is 2. The van der Waals surface area contributed by atoms with Gasteiger partial charge < -0.3 is 19.9 Å². The molecule has 23 heavy (non-hydrogen) atoms. The molecule has 8 heteroatoms. The number of piperidine rings is 1. The van der Waals surface area contributed by atoms with E-state index in [4.69, 9.17) is 4.74 Å². The Hall–Kier alpha value is -2.38. The summed E-state index contributed by atoms with van der Waals surface area (Å²) in [5.74, 6) is -1.35. The first-order chi connectivity index (χ1) is 10.9. The third-order valence-electron chi connectivity index (χ3n) is 4.14. The van der Waals surface area contributed by atoms with Crippen LogP contribution in [0.1, 0.15) is 12.8 Å². The van der Waals surface area contributed by atoms with Crippen molar-refractivity contribution >= 4 is 17.8 Å². The topological polar surface area (TPSA) is 61.9 Å². The molecule has 0 aromatic heterocycles. The molecule has 0 saturated carbocycles. The van der Waals surface area contributed by atoms with Gasteiger partial charge in [-0.05, 0) is 25.0 Å². The first-order valence-corrected chi connectivity index (χ1v) is 7.34. The van der Waals surface area contributed by atoms with Crippen molar-refractivity contribution in [2.45, 2.75) is 18.4 Å². The molecule has 1 aromatic rings. The van der Waals surface area contributed by atoms with Gasteiger partial charge in [0.2, 0.25) is 0 Å². The van der Waals surface area contributed by atoms with E-state index < -0.39 is 29.4 Å². The minimum Gasteiger partial charge on any atom is -0.439 e. The number of anilines is 1. The van der Waals surface area contributed by atoms with Crippen LogP contribution in [0, 0.1) is 11.6 Å². The average Bonchev–Trinajstić information content (AvgIpc) is 2.76. The van der Waals surface area contributed by atoms with Crippen molar-refractivity contribution in [3.63, 3.8) is 0 Å². The van der Waals surface area contributed by atoms with E-state index in [0.29, 0.717) is 25.9 Å². The summed E-state index contributed by atoms with van der Waals surface area (Å²) in [4.78, 5) is 26.8. The molecule has 3 amide bonds. The number of halogens is 2. The highest BCUT2D eigenvalue weighted by Gasteiger charge is 2.47. The standard InChI is InChI=1S/C15H17F2N3O3/c1-19-8-15(23-14(19)22)5-2-6-20(9-15)13(21)18-12-7-10(16)3-4-11(12)17/h3-4,7H,2,5-6,8-9H2,1H3,(H,18,21). The molecule has 124 valence electrons. The van der Waals surface area contributed by atoms with Gasteiger partial charge in [-0.15, -0.1) is 0 Å². The van der Waals surface area contributed by atoms with Gasteiger partial charge in [-0.2, -0.15) is 0 Å². The quantitative estimate of drug-likeness (QED) is 0.862. The summed E-state index contributed by atoms with van der Waals surface area (Å²) in [6.45, 7) is 1.10. The highest BCUT2D eigenvalue weighted by atomic mass is 19.1. The van der Waals surface area contributed by atoms with Crippen molar-refractivity contribution in [3.05, 3.63) is 29.8 Å². The van der Waals surface area contributed by atoms with E-state index >= 15 is 0 Å². The number of rotatable bonds is 1. The second kappa shape index (κ2) is 5.68. The lowest BCUT2D eigenvalue weighted by Crippen LogP contribution is -2.53. The van der Waals surface area contributed by atoms with Crippen LogP contribution in [0.3, 0.4) is 0 Å². The van der Waals surface area contributed by atoms with Crippen molar-refractivity contribution in [1.29, 1.82) is 0 Å². The molecule has 2 fully saturated rings. The number of nitrogens with one attached hydrogen (secondary N) is 1. The molecule has 6 nitrogen and oxygen atoms in total. The summed E-state index contributed by atoms with van der Waals surface area (Å²) >= 11 is 0. The van der Waals surface area contributed by atoms with Gasteiger partial charge in [0.15, 0.2) is 0 Å². The van der Waals surface area contributed by atoms with E-state index in [0.717, 1.165) is 18.2 Å². The fourth-order valence-electron chi connectivity index (χ4n) is 3.06. The third kappa shape index (κ3) is 3.06. The Morgan fingerprint density at radius 3 is 2.83 bits per heavy atom. The van der Waals surface area contributed by atoms with E-state index in [9.17, 15) is 18.4 Å². The van der Waals surface area contributed by atoms with Gasteiger partial charge in [0, 0.05) is 19.7 Å². The molecule has 0 radical (unpaired) electrons. The van der Waals surface area contributed by atoms with Crippen LogP contribution < -0.4 is 5.32 Å². The number of urea groups is 1. The lowest BCUT2D eigenvalue weighted by molar-refractivity contribution is 0.00496. The fraction of sp³-hybridized carbons (Fsp3) is 0.467. The molecule has 1 spiro atoms. The lowest BCUT2D eigenvalue weighted by atomic mass is 9.93. The Labute approximate surface area is 132 Å². The maximum absolute atomic E-state index is 13.6. The molecule has 1 aromatic carbocycles. The molecule has 2 aliphatic heterocycles. The molecular formula is C15H17F2N3O3. The summed E-state index contributed by atoms with van der Waals surface area (Å²) in [6.07, 6.45) is 0.921. The Morgan fingerprint density at radius 2 is 2.13 bits per heavy atom. The van der Waals surface area contributed by atoms with Gasteiger partial charge in [-0.25, -0.2) is 18.4 Å². The predicted molar refractivity (Wildman–Crippen MR) is 78.0 cm³/mol. The maximum atomic E-state index is 13.6. The lowest BCUT2D eigenvalue weighted by Gasteiger charge is -2.38. The molecule has 0 aliphatic carbocycles. The maximum Gasteiger partial charge on any atom is 0.410 e. The molecule has 1 unspecified atom stereocenters. The van der Waals surface area contributed by atoms with Crippen molar-refractivity contribution < 1.29 is 23.1 Å². The Kier molecular flexibility index (Phi) is 3.83. The van der Waals surface area contributed by atoms with Crippen molar-refractivity contribution in [1.82, 2.24) is 9.80 Å². The average molecular weight is 325 g/mol. The molecule has 2 heterocycles. The zero-order valence-electron chi connectivity index (χ0n) is 12.6. The number of carbonyl (C=O) groups excluding carboxylic acids is 2. The molecule has 1 N–H and O–H groups in total. The number of hydrogen-bond acceptors (Lipinski definition) is 3. The van der Waals surface area contributed by atoms with E-state index in [1.807, 2.05) is 0 Å². The number of likely N-dealkylation sites (N-methyl/N-ethyl adjacent to an activating group) is 1. The smallest absolute Gasteiger partial charge is 0.410 e. The minimum absolute atomic E-state index is 0.213. The molecule has 0 bridgehead atoms. The second-order valence-corrected chi connectivity index (χ2v) is 5.99. The highest BCUT2D eigenvalue weighted by Crippen LogP contribution is 2.31. The Morgan fingerprint density at radius 1 is 1.35 bits per heavy atom. The summed E-state index contributed by atoms with van der Waals surface area (Å²) < 4.78 is 32.2. The van der Waals surface area contributed by atoms with E-state index in [-0.39, 0.29) is 12.2 Å². The number of likely N-dealkylation sites (tertiary alicyclic amines) is 1. The zero-order valence-corrected chi connectivity index (χ0v) is 12.6. The van der Waals surface area contributed by atoms with E-state index in [2.05, 4.69) is 5.32 Å².